The molecule has 0 spiro atoms. The summed E-state index contributed by atoms with van der Waals surface area (Å²) in [5.74, 6) is 0.175. The van der Waals surface area contributed by atoms with Crippen LogP contribution >= 0.6 is 11.3 Å². The average Bonchev–Trinajstić information content (AvgIpc) is 2.84. The summed E-state index contributed by atoms with van der Waals surface area (Å²) in [7, 11) is -3.28. The largest absolute Gasteiger partial charge is 0.302 e. The fourth-order valence-corrected chi connectivity index (χ4v) is 3.55. The summed E-state index contributed by atoms with van der Waals surface area (Å²) >= 11 is 1.38. The van der Waals surface area contributed by atoms with E-state index in [-0.39, 0.29) is 11.8 Å². The Morgan fingerprint density at radius 3 is 2.52 bits per heavy atom. The molecule has 0 atom stereocenters. The lowest BCUT2D eigenvalue weighted by Crippen LogP contribution is -2.27. The summed E-state index contributed by atoms with van der Waals surface area (Å²) in [6.45, 7) is 0. The van der Waals surface area contributed by atoms with Crippen molar-refractivity contribution < 1.29 is 13.2 Å². The molecule has 1 aliphatic carbocycles. The van der Waals surface area contributed by atoms with Gasteiger partial charge in [0.1, 0.15) is 0 Å². The third-order valence-corrected chi connectivity index (χ3v) is 5.06. The van der Waals surface area contributed by atoms with E-state index in [9.17, 15) is 13.2 Å². The van der Waals surface area contributed by atoms with Crippen LogP contribution in [-0.2, 0) is 14.8 Å². The summed E-state index contributed by atoms with van der Waals surface area (Å²) < 4.78 is 24.8. The predicted molar refractivity (Wildman–Crippen MR) is 92.0 cm³/mol. The number of carbonyl (C=O) groups is 1. The minimum atomic E-state index is -3.28. The van der Waals surface area contributed by atoms with E-state index in [4.69, 9.17) is 0 Å². The highest BCUT2D eigenvalue weighted by atomic mass is 32.2. The molecule has 1 amide bonds. The van der Waals surface area contributed by atoms with Gasteiger partial charge in [0.2, 0.25) is 15.9 Å². The number of carbonyl (C=O) groups excluding carboxylic acids is 1. The van der Waals surface area contributed by atoms with Gasteiger partial charge in [-0.25, -0.2) is 13.4 Å². The maximum absolute atomic E-state index is 11.9. The van der Waals surface area contributed by atoms with Crippen molar-refractivity contribution >= 4 is 38.1 Å². The van der Waals surface area contributed by atoms with Gasteiger partial charge in [-0.15, -0.1) is 11.3 Å². The van der Waals surface area contributed by atoms with Crippen LogP contribution < -0.4 is 10.0 Å². The molecular formula is C15H17N3O3S2. The fourth-order valence-electron chi connectivity index (χ4n) is 2.26. The Morgan fingerprint density at radius 2 is 1.96 bits per heavy atom. The number of hydrogen-bond donors (Lipinski definition) is 2. The van der Waals surface area contributed by atoms with E-state index < -0.39 is 10.0 Å². The Balaban J connectivity index is 1.68. The lowest BCUT2D eigenvalue weighted by atomic mass is 9.85. The molecule has 0 bridgehead atoms. The number of nitrogens with zero attached hydrogens (tertiary/aromatic N) is 1. The van der Waals surface area contributed by atoms with Gasteiger partial charge in [0.05, 0.1) is 11.9 Å². The molecule has 1 aromatic carbocycles. The number of hydrogen-bond acceptors (Lipinski definition) is 5. The Morgan fingerprint density at radius 1 is 1.26 bits per heavy atom. The Hall–Kier alpha value is -1.93. The van der Waals surface area contributed by atoms with Crippen LogP contribution in [0.2, 0.25) is 0 Å². The van der Waals surface area contributed by atoms with E-state index in [2.05, 4.69) is 15.0 Å². The van der Waals surface area contributed by atoms with Crippen molar-refractivity contribution in [3.05, 3.63) is 29.6 Å². The SMILES string of the molecule is CS(=O)(=O)Nc1ccc(-c2csc(NC(=O)C3CCC3)n2)cc1. The molecule has 1 saturated carbocycles. The maximum atomic E-state index is 11.9. The zero-order chi connectivity index (χ0) is 16.4. The molecule has 122 valence electrons. The third kappa shape index (κ3) is 4.08. The smallest absolute Gasteiger partial charge is 0.229 e. The van der Waals surface area contributed by atoms with Crippen LogP contribution in [0.5, 0.6) is 0 Å². The van der Waals surface area contributed by atoms with Gasteiger partial charge in [-0.2, -0.15) is 0 Å². The molecule has 2 N–H and O–H groups in total. The van der Waals surface area contributed by atoms with E-state index in [1.807, 2.05) is 5.38 Å². The molecular weight excluding hydrogens is 334 g/mol. The van der Waals surface area contributed by atoms with Gasteiger partial charge < -0.3 is 5.32 Å². The minimum Gasteiger partial charge on any atom is -0.302 e. The first-order valence-electron chi connectivity index (χ1n) is 7.25. The van der Waals surface area contributed by atoms with Gasteiger partial charge in [-0.05, 0) is 25.0 Å². The number of aromatic nitrogens is 1. The van der Waals surface area contributed by atoms with Crippen molar-refractivity contribution in [3.8, 4) is 11.3 Å². The molecule has 0 saturated heterocycles. The van der Waals surface area contributed by atoms with Crippen molar-refractivity contribution in [1.82, 2.24) is 4.98 Å². The Labute approximate surface area is 139 Å². The first kappa shape index (κ1) is 15.9. The molecule has 0 unspecified atom stereocenters. The van der Waals surface area contributed by atoms with Crippen LogP contribution in [0, 0.1) is 5.92 Å². The monoisotopic (exact) mass is 351 g/mol. The van der Waals surface area contributed by atoms with Crippen LogP contribution in [0.3, 0.4) is 0 Å². The van der Waals surface area contributed by atoms with Crippen molar-refractivity contribution in [3.63, 3.8) is 0 Å². The zero-order valence-corrected chi connectivity index (χ0v) is 14.2. The molecule has 0 aliphatic heterocycles. The Kier molecular flexibility index (Phi) is 4.36. The normalized spacial score (nSPS) is 15.0. The van der Waals surface area contributed by atoms with Crippen LogP contribution in [-0.4, -0.2) is 25.6 Å². The van der Waals surface area contributed by atoms with Crippen LogP contribution in [0.1, 0.15) is 19.3 Å². The number of amides is 1. The van der Waals surface area contributed by atoms with Crippen molar-refractivity contribution in [1.29, 1.82) is 0 Å². The third-order valence-electron chi connectivity index (χ3n) is 3.69. The maximum Gasteiger partial charge on any atom is 0.229 e. The first-order valence-corrected chi connectivity index (χ1v) is 10.0. The molecule has 1 aliphatic rings. The molecule has 3 rings (SSSR count). The van der Waals surface area contributed by atoms with Gasteiger partial charge in [0, 0.05) is 22.5 Å². The number of anilines is 2. The molecule has 0 radical (unpaired) electrons. The summed E-state index contributed by atoms with van der Waals surface area (Å²) in [6, 6.07) is 6.95. The quantitative estimate of drug-likeness (QED) is 0.867. The van der Waals surface area contributed by atoms with Gasteiger partial charge in [0.25, 0.3) is 0 Å². The number of nitrogens with one attached hydrogen (secondary N) is 2. The molecule has 8 heteroatoms. The average molecular weight is 351 g/mol. The summed E-state index contributed by atoms with van der Waals surface area (Å²) in [4.78, 5) is 16.3. The van der Waals surface area contributed by atoms with E-state index in [0.717, 1.165) is 36.8 Å². The second kappa shape index (κ2) is 6.29. The van der Waals surface area contributed by atoms with E-state index in [1.54, 1.807) is 24.3 Å². The minimum absolute atomic E-state index is 0.0462. The number of benzene rings is 1. The second-order valence-electron chi connectivity index (χ2n) is 5.61. The predicted octanol–water partition coefficient (Wildman–Crippen LogP) is 2.92. The zero-order valence-electron chi connectivity index (χ0n) is 12.6. The number of thiazole rings is 1. The van der Waals surface area contributed by atoms with Gasteiger partial charge in [-0.1, -0.05) is 18.6 Å². The molecule has 1 fully saturated rings. The lowest BCUT2D eigenvalue weighted by molar-refractivity contribution is -0.122. The highest BCUT2D eigenvalue weighted by molar-refractivity contribution is 7.92. The summed E-state index contributed by atoms with van der Waals surface area (Å²) in [5.41, 5.74) is 2.12. The first-order chi connectivity index (χ1) is 10.9. The molecule has 6 nitrogen and oxygen atoms in total. The summed E-state index contributed by atoms with van der Waals surface area (Å²) in [5, 5.41) is 5.32. The molecule has 1 heterocycles. The molecule has 23 heavy (non-hydrogen) atoms. The fraction of sp³-hybridized carbons (Fsp3) is 0.333. The van der Waals surface area contributed by atoms with Crippen LogP contribution in [0.25, 0.3) is 11.3 Å². The van der Waals surface area contributed by atoms with Gasteiger partial charge >= 0.3 is 0 Å². The topological polar surface area (TPSA) is 88.2 Å². The van der Waals surface area contributed by atoms with Crippen molar-refractivity contribution in [2.75, 3.05) is 16.3 Å². The van der Waals surface area contributed by atoms with Crippen molar-refractivity contribution in [2.24, 2.45) is 5.92 Å². The van der Waals surface area contributed by atoms with E-state index in [0.29, 0.717) is 10.8 Å². The standard InChI is InChI=1S/C15H17N3O3S2/c1-23(20,21)18-12-7-5-10(6-8-12)13-9-22-15(16-13)17-14(19)11-3-2-4-11/h5-9,11,18H,2-4H2,1H3,(H,16,17,19). The van der Waals surface area contributed by atoms with E-state index in [1.165, 1.54) is 11.3 Å². The van der Waals surface area contributed by atoms with Gasteiger partial charge in [0.15, 0.2) is 5.13 Å². The summed E-state index contributed by atoms with van der Waals surface area (Å²) in [6.07, 6.45) is 4.14. The van der Waals surface area contributed by atoms with Crippen LogP contribution in [0.4, 0.5) is 10.8 Å². The number of rotatable bonds is 5. The van der Waals surface area contributed by atoms with E-state index >= 15 is 0 Å². The second-order valence-corrected chi connectivity index (χ2v) is 8.21. The number of sulfonamides is 1. The molecule has 1 aromatic heterocycles. The lowest BCUT2D eigenvalue weighted by Gasteiger charge is -2.23. The highest BCUT2D eigenvalue weighted by Gasteiger charge is 2.25. The van der Waals surface area contributed by atoms with Crippen molar-refractivity contribution in [2.45, 2.75) is 19.3 Å². The Bertz CT molecular complexity index is 809. The highest BCUT2D eigenvalue weighted by Crippen LogP contribution is 2.30. The van der Waals surface area contributed by atoms with Gasteiger partial charge in [-0.3, -0.25) is 9.52 Å². The van der Waals surface area contributed by atoms with Crippen LogP contribution in [0.15, 0.2) is 29.6 Å². The molecule has 2 aromatic rings.